The van der Waals surface area contributed by atoms with E-state index >= 15 is 0 Å². The predicted molar refractivity (Wildman–Crippen MR) is 80.4 cm³/mol. The van der Waals surface area contributed by atoms with E-state index in [1.54, 1.807) is 6.20 Å². The summed E-state index contributed by atoms with van der Waals surface area (Å²) < 4.78 is 0. The number of hydrogen-bond donors (Lipinski definition) is 0. The van der Waals surface area contributed by atoms with E-state index < -0.39 is 0 Å². The van der Waals surface area contributed by atoms with Crippen molar-refractivity contribution in [1.29, 1.82) is 0 Å². The van der Waals surface area contributed by atoms with Crippen molar-refractivity contribution < 1.29 is 0 Å². The highest BCUT2D eigenvalue weighted by Crippen LogP contribution is 2.26. The molecular weight excluding hydrogens is 312 g/mol. The Morgan fingerprint density at radius 3 is 2.83 bits per heavy atom. The van der Waals surface area contributed by atoms with E-state index in [2.05, 4.69) is 45.0 Å². The standard InChI is InChI=1S/C14H14BrClN2/c1-18(10-11-3-2-6-17-9-11)14-5-4-13(16)7-12(14)8-15/h2-7,9H,8,10H2,1H3. The van der Waals surface area contributed by atoms with Crippen LogP contribution in [-0.4, -0.2) is 12.0 Å². The first-order valence-electron chi connectivity index (χ1n) is 5.65. The van der Waals surface area contributed by atoms with Crippen molar-refractivity contribution in [2.24, 2.45) is 0 Å². The van der Waals surface area contributed by atoms with Gasteiger partial charge < -0.3 is 4.90 Å². The van der Waals surface area contributed by atoms with Gasteiger partial charge in [0.15, 0.2) is 0 Å². The van der Waals surface area contributed by atoms with Gasteiger partial charge in [0.1, 0.15) is 0 Å². The van der Waals surface area contributed by atoms with Crippen molar-refractivity contribution in [3.05, 3.63) is 58.9 Å². The summed E-state index contributed by atoms with van der Waals surface area (Å²) in [7, 11) is 2.07. The monoisotopic (exact) mass is 324 g/mol. The summed E-state index contributed by atoms with van der Waals surface area (Å²) in [5, 5.41) is 1.56. The molecule has 0 aliphatic carbocycles. The molecule has 2 aromatic rings. The van der Waals surface area contributed by atoms with Crippen molar-refractivity contribution in [2.75, 3.05) is 11.9 Å². The van der Waals surface area contributed by atoms with Crippen LogP contribution in [0.25, 0.3) is 0 Å². The maximum Gasteiger partial charge on any atom is 0.0441 e. The third-order valence-corrected chi connectivity index (χ3v) is 3.58. The van der Waals surface area contributed by atoms with Crippen LogP contribution in [0, 0.1) is 0 Å². The fourth-order valence-corrected chi connectivity index (χ4v) is 2.53. The Bertz CT molecular complexity index is 516. The van der Waals surface area contributed by atoms with Crippen molar-refractivity contribution in [1.82, 2.24) is 4.98 Å². The molecule has 2 rings (SSSR count). The number of aromatic nitrogens is 1. The summed E-state index contributed by atoms with van der Waals surface area (Å²) in [5.74, 6) is 0. The molecule has 0 fully saturated rings. The zero-order valence-electron chi connectivity index (χ0n) is 10.1. The molecule has 0 bridgehead atoms. The number of rotatable bonds is 4. The quantitative estimate of drug-likeness (QED) is 0.781. The molecule has 0 radical (unpaired) electrons. The second-order valence-electron chi connectivity index (χ2n) is 4.12. The first-order chi connectivity index (χ1) is 8.70. The molecule has 0 aliphatic heterocycles. The lowest BCUT2D eigenvalue weighted by molar-refractivity contribution is 0.909. The van der Waals surface area contributed by atoms with Gasteiger partial charge in [-0.3, -0.25) is 4.98 Å². The van der Waals surface area contributed by atoms with Gasteiger partial charge in [-0.2, -0.15) is 0 Å². The number of hydrogen-bond acceptors (Lipinski definition) is 2. The number of benzene rings is 1. The van der Waals surface area contributed by atoms with Crippen LogP contribution in [-0.2, 0) is 11.9 Å². The van der Waals surface area contributed by atoms with Crippen molar-refractivity contribution >= 4 is 33.2 Å². The Morgan fingerprint density at radius 2 is 2.17 bits per heavy atom. The largest absolute Gasteiger partial charge is 0.370 e. The van der Waals surface area contributed by atoms with Gasteiger partial charge in [-0.15, -0.1) is 0 Å². The molecule has 1 aromatic carbocycles. The first kappa shape index (κ1) is 13.4. The normalized spacial score (nSPS) is 10.4. The van der Waals surface area contributed by atoms with E-state index in [0.717, 1.165) is 16.9 Å². The molecule has 1 heterocycles. The Balaban J connectivity index is 2.21. The summed E-state index contributed by atoms with van der Waals surface area (Å²) in [5.41, 5.74) is 3.56. The molecule has 0 spiro atoms. The number of pyridine rings is 1. The molecular formula is C14H14BrClN2. The van der Waals surface area contributed by atoms with E-state index in [4.69, 9.17) is 11.6 Å². The average Bonchev–Trinajstić information content (AvgIpc) is 2.39. The van der Waals surface area contributed by atoms with Crippen LogP contribution in [0.4, 0.5) is 5.69 Å². The molecule has 1 aromatic heterocycles. The van der Waals surface area contributed by atoms with Crippen LogP contribution in [0.1, 0.15) is 11.1 Å². The first-order valence-corrected chi connectivity index (χ1v) is 7.15. The van der Waals surface area contributed by atoms with E-state index in [1.807, 2.05) is 24.4 Å². The highest BCUT2D eigenvalue weighted by molar-refractivity contribution is 9.08. The van der Waals surface area contributed by atoms with Crippen LogP contribution in [0.2, 0.25) is 5.02 Å². The second kappa shape index (κ2) is 6.21. The lowest BCUT2D eigenvalue weighted by Gasteiger charge is -2.22. The summed E-state index contributed by atoms with van der Waals surface area (Å²) in [4.78, 5) is 6.33. The van der Waals surface area contributed by atoms with Gasteiger partial charge in [-0.25, -0.2) is 0 Å². The van der Waals surface area contributed by atoms with E-state index in [1.165, 1.54) is 16.8 Å². The van der Waals surface area contributed by atoms with Crippen LogP contribution in [0.3, 0.4) is 0 Å². The highest BCUT2D eigenvalue weighted by atomic mass is 79.9. The van der Waals surface area contributed by atoms with Crippen molar-refractivity contribution in [3.8, 4) is 0 Å². The topological polar surface area (TPSA) is 16.1 Å². The fraction of sp³-hybridized carbons (Fsp3) is 0.214. The summed E-state index contributed by atoms with van der Waals surface area (Å²) in [6.07, 6.45) is 3.68. The molecule has 0 saturated carbocycles. The molecule has 0 amide bonds. The van der Waals surface area contributed by atoms with Gasteiger partial charge in [-0.1, -0.05) is 33.6 Å². The highest BCUT2D eigenvalue weighted by Gasteiger charge is 2.08. The van der Waals surface area contributed by atoms with Gasteiger partial charge in [0.2, 0.25) is 0 Å². The Kier molecular flexibility index (Phi) is 4.61. The number of alkyl halides is 1. The number of nitrogens with zero attached hydrogens (tertiary/aromatic N) is 2. The zero-order valence-corrected chi connectivity index (χ0v) is 12.4. The van der Waals surface area contributed by atoms with Crippen LogP contribution >= 0.6 is 27.5 Å². The molecule has 2 nitrogen and oxygen atoms in total. The molecule has 0 saturated heterocycles. The molecule has 94 valence electrons. The molecule has 0 aliphatic rings. The van der Waals surface area contributed by atoms with E-state index in [-0.39, 0.29) is 0 Å². The summed E-state index contributed by atoms with van der Waals surface area (Å²) in [6.45, 7) is 0.829. The average molecular weight is 326 g/mol. The van der Waals surface area contributed by atoms with Crippen molar-refractivity contribution in [2.45, 2.75) is 11.9 Å². The summed E-state index contributed by atoms with van der Waals surface area (Å²) in [6, 6.07) is 9.99. The van der Waals surface area contributed by atoms with Crippen LogP contribution < -0.4 is 4.90 Å². The fourth-order valence-electron chi connectivity index (χ4n) is 1.88. The molecule has 4 heteroatoms. The maximum atomic E-state index is 6.01. The Labute approximate surface area is 121 Å². The molecule has 18 heavy (non-hydrogen) atoms. The lowest BCUT2D eigenvalue weighted by Crippen LogP contribution is -2.17. The van der Waals surface area contributed by atoms with Crippen molar-refractivity contribution in [3.63, 3.8) is 0 Å². The second-order valence-corrected chi connectivity index (χ2v) is 5.12. The van der Waals surface area contributed by atoms with Crippen LogP contribution in [0.15, 0.2) is 42.7 Å². The van der Waals surface area contributed by atoms with Gasteiger partial charge in [0.25, 0.3) is 0 Å². The SMILES string of the molecule is CN(Cc1cccnc1)c1ccc(Cl)cc1CBr. The number of anilines is 1. The Hall–Kier alpha value is -1.06. The Morgan fingerprint density at radius 1 is 1.33 bits per heavy atom. The zero-order chi connectivity index (χ0) is 13.0. The molecule has 0 atom stereocenters. The number of halogens is 2. The van der Waals surface area contributed by atoms with Crippen LogP contribution in [0.5, 0.6) is 0 Å². The summed E-state index contributed by atoms with van der Waals surface area (Å²) >= 11 is 9.51. The van der Waals surface area contributed by atoms with Gasteiger partial charge >= 0.3 is 0 Å². The van der Waals surface area contributed by atoms with E-state index in [0.29, 0.717) is 0 Å². The maximum absolute atomic E-state index is 6.01. The smallest absolute Gasteiger partial charge is 0.0441 e. The van der Waals surface area contributed by atoms with Gasteiger partial charge in [-0.05, 0) is 35.4 Å². The predicted octanol–water partition coefficient (Wildman–Crippen LogP) is 4.27. The van der Waals surface area contributed by atoms with E-state index in [9.17, 15) is 0 Å². The third kappa shape index (κ3) is 3.24. The lowest BCUT2D eigenvalue weighted by atomic mass is 10.1. The molecule has 0 unspecified atom stereocenters. The minimum Gasteiger partial charge on any atom is -0.370 e. The van der Waals surface area contributed by atoms with Gasteiger partial charge in [0, 0.05) is 42.0 Å². The molecule has 0 N–H and O–H groups in total. The van der Waals surface area contributed by atoms with Gasteiger partial charge in [0.05, 0.1) is 0 Å². The minimum atomic E-state index is 0.767. The minimum absolute atomic E-state index is 0.767. The third-order valence-electron chi connectivity index (χ3n) is 2.74.